The van der Waals surface area contributed by atoms with Crippen molar-refractivity contribution < 1.29 is 13.6 Å². The summed E-state index contributed by atoms with van der Waals surface area (Å²) in [5, 5.41) is 16.3. The van der Waals surface area contributed by atoms with Crippen molar-refractivity contribution in [1.82, 2.24) is 20.3 Å². The molecule has 1 aliphatic rings. The number of nitrogens with one attached hydrogen (secondary N) is 2. The highest BCUT2D eigenvalue weighted by Crippen LogP contribution is 2.44. The molecule has 0 aliphatic carbocycles. The van der Waals surface area contributed by atoms with Gasteiger partial charge in [-0.25, -0.2) is 23.7 Å². The van der Waals surface area contributed by atoms with Crippen LogP contribution in [0.3, 0.4) is 0 Å². The van der Waals surface area contributed by atoms with E-state index in [1.807, 2.05) is 24.3 Å². The summed E-state index contributed by atoms with van der Waals surface area (Å²) in [4.78, 5) is 26.8. The van der Waals surface area contributed by atoms with Crippen molar-refractivity contribution in [3.63, 3.8) is 0 Å². The van der Waals surface area contributed by atoms with Crippen LogP contribution in [-0.4, -0.2) is 27.4 Å². The fourth-order valence-corrected chi connectivity index (χ4v) is 5.47. The lowest BCUT2D eigenvalue weighted by molar-refractivity contribution is 0.0940. The zero-order valence-electron chi connectivity index (χ0n) is 20.8. The molecule has 5 rings (SSSR count). The van der Waals surface area contributed by atoms with Crippen LogP contribution in [0.5, 0.6) is 0 Å². The Morgan fingerprint density at radius 1 is 1.18 bits per heavy atom. The van der Waals surface area contributed by atoms with E-state index >= 15 is 0 Å². The lowest BCUT2D eigenvalue weighted by Gasteiger charge is -2.17. The van der Waals surface area contributed by atoms with Gasteiger partial charge in [0.2, 0.25) is 0 Å². The number of nitriles is 1. The van der Waals surface area contributed by atoms with Crippen molar-refractivity contribution in [2.24, 2.45) is 0 Å². The first-order chi connectivity index (χ1) is 18.8. The van der Waals surface area contributed by atoms with E-state index in [0.717, 1.165) is 39.9 Å². The van der Waals surface area contributed by atoms with Gasteiger partial charge >= 0.3 is 0 Å². The molecule has 11 heteroatoms. The predicted molar refractivity (Wildman–Crippen MR) is 147 cm³/mol. The van der Waals surface area contributed by atoms with Gasteiger partial charge in [0.1, 0.15) is 24.0 Å². The summed E-state index contributed by atoms with van der Waals surface area (Å²) in [5.74, 6) is -1.71. The molecule has 3 heterocycles. The lowest BCUT2D eigenvalue weighted by Crippen LogP contribution is -2.28. The number of halogens is 2. The molecule has 0 fully saturated rings. The number of nitrogen functional groups attached to an aromatic ring is 1. The van der Waals surface area contributed by atoms with Crippen molar-refractivity contribution in [2.75, 3.05) is 17.6 Å². The Balaban J connectivity index is 1.27. The third-order valence-corrected chi connectivity index (χ3v) is 7.76. The average Bonchev–Trinajstić information content (AvgIpc) is 3.42. The Labute approximate surface area is 227 Å². The number of fused-ring (bicyclic) bond motifs is 1. The molecule has 0 radical (unpaired) electrons. The molecule has 1 aliphatic heterocycles. The van der Waals surface area contributed by atoms with Crippen LogP contribution in [0.15, 0.2) is 66.0 Å². The fourth-order valence-electron chi connectivity index (χ4n) is 4.28. The van der Waals surface area contributed by atoms with Crippen molar-refractivity contribution in [3.8, 4) is 6.07 Å². The molecule has 1 amide bonds. The highest BCUT2D eigenvalue weighted by Gasteiger charge is 2.22. The van der Waals surface area contributed by atoms with Crippen LogP contribution >= 0.6 is 11.8 Å². The van der Waals surface area contributed by atoms with Gasteiger partial charge in [-0.15, -0.1) is 11.8 Å². The third kappa shape index (κ3) is 5.66. The number of rotatable bonds is 7. The number of amides is 1. The molecular weight excluding hydrogens is 520 g/mol. The molecule has 8 nitrogen and oxygen atoms in total. The number of benzene rings is 2. The van der Waals surface area contributed by atoms with E-state index in [4.69, 9.17) is 5.73 Å². The summed E-state index contributed by atoms with van der Waals surface area (Å²) in [6, 6.07) is 12.3. The van der Waals surface area contributed by atoms with Crippen LogP contribution in [0.2, 0.25) is 0 Å². The van der Waals surface area contributed by atoms with E-state index in [1.165, 1.54) is 24.7 Å². The number of carbonyl (C=O) groups is 1. The first-order valence-electron chi connectivity index (χ1n) is 12.1. The second-order valence-corrected chi connectivity index (χ2v) is 10.3. The Hall–Kier alpha value is -4.56. The smallest absolute Gasteiger partial charge is 0.255 e. The quantitative estimate of drug-likeness (QED) is 0.282. The number of aromatic nitrogens is 3. The van der Waals surface area contributed by atoms with E-state index in [9.17, 15) is 18.8 Å². The van der Waals surface area contributed by atoms with Gasteiger partial charge in [0.05, 0.1) is 22.7 Å². The molecule has 1 unspecified atom stereocenters. The number of nitrogens with two attached hydrogens (primary N) is 1. The zero-order valence-corrected chi connectivity index (χ0v) is 21.6. The Bertz CT molecular complexity index is 1650. The Morgan fingerprint density at radius 3 is 2.82 bits per heavy atom. The van der Waals surface area contributed by atoms with Gasteiger partial charge in [-0.2, -0.15) is 5.26 Å². The average molecular weight is 544 g/mol. The molecule has 2 aromatic carbocycles. The van der Waals surface area contributed by atoms with Crippen molar-refractivity contribution in [1.29, 1.82) is 5.26 Å². The highest BCUT2D eigenvalue weighted by molar-refractivity contribution is 8.03. The molecular formula is C28H23F2N7OS. The molecule has 0 saturated carbocycles. The van der Waals surface area contributed by atoms with Crippen LogP contribution in [0.1, 0.15) is 51.7 Å². The van der Waals surface area contributed by atoms with Gasteiger partial charge in [0, 0.05) is 28.3 Å². The van der Waals surface area contributed by atoms with Crippen LogP contribution in [0.25, 0.3) is 10.9 Å². The number of anilines is 2. The van der Waals surface area contributed by atoms with Crippen LogP contribution in [0.4, 0.5) is 20.4 Å². The number of pyridine rings is 1. The van der Waals surface area contributed by atoms with E-state index < -0.39 is 23.6 Å². The number of nitrogens with zero attached hydrogens (tertiary/aromatic N) is 4. The van der Waals surface area contributed by atoms with Gasteiger partial charge in [0.15, 0.2) is 11.6 Å². The highest BCUT2D eigenvalue weighted by atomic mass is 32.2. The van der Waals surface area contributed by atoms with Crippen LogP contribution in [0, 0.1) is 23.0 Å². The largest absolute Gasteiger partial charge is 0.383 e. The molecule has 196 valence electrons. The minimum absolute atomic E-state index is 0.175. The maximum absolute atomic E-state index is 13.7. The van der Waals surface area contributed by atoms with E-state index in [1.54, 1.807) is 18.7 Å². The summed E-state index contributed by atoms with van der Waals surface area (Å²) in [7, 11) is 0. The molecule has 4 aromatic rings. The van der Waals surface area contributed by atoms with Gasteiger partial charge < -0.3 is 16.4 Å². The fraction of sp³-hybridized carbons (Fsp3) is 0.179. The van der Waals surface area contributed by atoms with Crippen molar-refractivity contribution in [3.05, 3.63) is 99.9 Å². The van der Waals surface area contributed by atoms with Gasteiger partial charge in [0.25, 0.3) is 5.91 Å². The molecule has 2 atom stereocenters. The summed E-state index contributed by atoms with van der Waals surface area (Å²) in [6.07, 6.45) is 5.78. The van der Waals surface area contributed by atoms with Gasteiger partial charge in [-0.05, 0) is 54.8 Å². The Morgan fingerprint density at radius 2 is 2.03 bits per heavy atom. The normalized spacial score (nSPS) is 15.4. The minimum Gasteiger partial charge on any atom is -0.383 e. The van der Waals surface area contributed by atoms with Gasteiger partial charge in [-0.1, -0.05) is 18.2 Å². The third-order valence-electron chi connectivity index (χ3n) is 6.40. The second kappa shape index (κ2) is 11.0. The summed E-state index contributed by atoms with van der Waals surface area (Å²) in [6.45, 7) is 2.09. The molecule has 0 bridgehead atoms. The summed E-state index contributed by atoms with van der Waals surface area (Å²) < 4.78 is 27.0. The maximum atomic E-state index is 13.7. The molecule has 0 saturated heterocycles. The molecule has 4 N–H and O–H groups in total. The molecule has 39 heavy (non-hydrogen) atoms. The van der Waals surface area contributed by atoms with E-state index in [-0.39, 0.29) is 16.4 Å². The minimum atomic E-state index is -0.995. The monoisotopic (exact) mass is 543 g/mol. The van der Waals surface area contributed by atoms with Crippen LogP contribution in [-0.2, 0) is 0 Å². The number of hydrogen-bond donors (Lipinski definition) is 3. The Kier molecular flexibility index (Phi) is 7.38. The summed E-state index contributed by atoms with van der Waals surface area (Å²) >= 11 is 1.70. The van der Waals surface area contributed by atoms with Crippen molar-refractivity contribution in [2.45, 2.75) is 24.6 Å². The number of hydrogen-bond acceptors (Lipinski definition) is 8. The first kappa shape index (κ1) is 26.1. The topological polar surface area (TPSA) is 130 Å². The molecule has 2 aromatic heterocycles. The first-order valence-corrected chi connectivity index (χ1v) is 13.0. The zero-order chi connectivity index (χ0) is 27.5. The SMILES string of the molecule is C[C@H](NC(=O)c1cc(C#N)cnc1NCC1=CCC(c2ccc3ncnc(N)c3c2)S1)c1ccc(F)c(F)c1. The van der Waals surface area contributed by atoms with E-state index in [2.05, 4.69) is 31.7 Å². The standard InChI is InChI=1S/C28H23F2N7OS/c1-15(17-2-5-22(29)23(30)10-17)37-28(38)21-8-16(11-31)12-33-27(21)34-13-19-4-7-25(39-19)18-3-6-24-20(9-18)26(32)36-14-35-24/h2-6,8-10,12,14-15,25H,7,13H2,1H3,(H,33,34)(H,37,38)(H2,32,35,36)/t15-,25?/m0/s1. The summed E-state index contributed by atoms with van der Waals surface area (Å²) in [5.41, 5.74) is 8.73. The van der Waals surface area contributed by atoms with Crippen LogP contribution < -0.4 is 16.4 Å². The number of thioether (sulfide) groups is 1. The second-order valence-electron chi connectivity index (χ2n) is 9.00. The maximum Gasteiger partial charge on any atom is 0.255 e. The van der Waals surface area contributed by atoms with Crippen molar-refractivity contribution >= 4 is 40.2 Å². The van der Waals surface area contributed by atoms with E-state index in [0.29, 0.717) is 23.7 Å². The molecule has 0 spiro atoms. The number of allylic oxidation sites excluding steroid dienone is 1. The van der Waals surface area contributed by atoms with Gasteiger partial charge in [-0.3, -0.25) is 4.79 Å². The predicted octanol–water partition coefficient (Wildman–Crippen LogP) is 5.42. The lowest BCUT2D eigenvalue weighted by atomic mass is 10.1. The number of carbonyl (C=O) groups excluding carboxylic acids is 1.